The van der Waals surface area contributed by atoms with E-state index in [0.717, 1.165) is 25.9 Å². The minimum absolute atomic E-state index is 0.0610. The number of carbonyl (C=O) groups excluding carboxylic acids is 1. The number of halogens is 1. The number of imidazole rings is 1. The van der Waals surface area contributed by atoms with Gasteiger partial charge in [-0.3, -0.25) is 4.79 Å². The summed E-state index contributed by atoms with van der Waals surface area (Å²) in [5, 5.41) is 2.73. The maximum absolute atomic E-state index is 14.7. The monoisotopic (exact) mass is 485 g/mol. The summed E-state index contributed by atoms with van der Waals surface area (Å²) in [4.78, 5) is 19.4. The van der Waals surface area contributed by atoms with Crippen LogP contribution in [0.2, 0.25) is 0 Å². The first-order valence-corrected chi connectivity index (χ1v) is 12.8. The van der Waals surface area contributed by atoms with Crippen molar-refractivity contribution in [3.63, 3.8) is 0 Å². The van der Waals surface area contributed by atoms with E-state index in [2.05, 4.69) is 15.2 Å². The van der Waals surface area contributed by atoms with Crippen molar-refractivity contribution >= 4 is 27.3 Å². The minimum atomic E-state index is -3.74. The Labute approximate surface area is 199 Å². The molecule has 1 aliphatic rings. The number of anilines is 2. The highest BCUT2D eigenvalue weighted by Gasteiger charge is 2.26. The summed E-state index contributed by atoms with van der Waals surface area (Å²) in [6.07, 6.45) is 6.67. The van der Waals surface area contributed by atoms with Crippen LogP contribution in [-0.4, -0.2) is 54.4 Å². The lowest BCUT2D eigenvalue weighted by atomic mass is 10.1. The highest BCUT2D eigenvalue weighted by Crippen LogP contribution is 2.29. The Morgan fingerprint density at radius 2 is 1.79 bits per heavy atom. The number of nitrogens with zero attached hydrogens (tertiary/aromatic N) is 4. The molecule has 1 N–H and O–H groups in total. The number of rotatable bonds is 8. The number of hydrogen-bond acceptors (Lipinski definition) is 5. The number of amides is 1. The van der Waals surface area contributed by atoms with Gasteiger partial charge in [-0.25, -0.2) is 17.8 Å². The topological polar surface area (TPSA) is 87.5 Å². The molecule has 0 saturated carbocycles. The molecule has 1 aliphatic heterocycles. The maximum atomic E-state index is 14.7. The first-order valence-electron chi connectivity index (χ1n) is 11.3. The second-order valence-corrected chi connectivity index (χ2v) is 9.99. The van der Waals surface area contributed by atoms with Gasteiger partial charge in [-0.15, -0.1) is 0 Å². The zero-order valence-corrected chi connectivity index (χ0v) is 20.1. The first-order chi connectivity index (χ1) is 16.3. The van der Waals surface area contributed by atoms with Crippen molar-refractivity contribution in [2.75, 3.05) is 36.4 Å². The molecule has 0 unspecified atom stereocenters. The Morgan fingerprint density at radius 1 is 1.09 bits per heavy atom. The van der Waals surface area contributed by atoms with Crippen molar-refractivity contribution in [2.45, 2.75) is 31.6 Å². The van der Waals surface area contributed by atoms with Crippen LogP contribution >= 0.6 is 0 Å². The molecule has 2 heterocycles. The third-order valence-corrected chi connectivity index (χ3v) is 8.04. The molecule has 1 saturated heterocycles. The Bertz CT molecular complexity index is 1270. The molecule has 8 nitrogen and oxygen atoms in total. The largest absolute Gasteiger partial charge is 0.371 e. The number of sulfonamides is 1. The van der Waals surface area contributed by atoms with Crippen LogP contribution in [0.15, 0.2) is 60.0 Å². The molecule has 180 valence electrons. The van der Waals surface area contributed by atoms with Crippen LogP contribution in [0.3, 0.4) is 0 Å². The summed E-state index contributed by atoms with van der Waals surface area (Å²) >= 11 is 0. The highest BCUT2D eigenvalue weighted by molar-refractivity contribution is 7.89. The van der Waals surface area contributed by atoms with Gasteiger partial charge in [0.05, 0.1) is 22.5 Å². The molecule has 0 aliphatic carbocycles. The van der Waals surface area contributed by atoms with Gasteiger partial charge in [0.15, 0.2) is 0 Å². The van der Waals surface area contributed by atoms with Gasteiger partial charge >= 0.3 is 0 Å². The Morgan fingerprint density at radius 3 is 2.41 bits per heavy atom. The quantitative estimate of drug-likeness (QED) is 0.523. The number of carbonyl (C=O) groups is 1. The van der Waals surface area contributed by atoms with Gasteiger partial charge in [0.2, 0.25) is 10.0 Å². The van der Waals surface area contributed by atoms with E-state index >= 15 is 0 Å². The van der Waals surface area contributed by atoms with Gasteiger partial charge in [-0.2, -0.15) is 4.31 Å². The van der Waals surface area contributed by atoms with Gasteiger partial charge in [0.1, 0.15) is 5.82 Å². The molecule has 4 rings (SSSR count). The smallest absolute Gasteiger partial charge is 0.257 e. The molecule has 10 heteroatoms. The van der Waals surface area contributed by atoms with Crippen molar-refractivity contribution in [3.8, 4) is 5.69 Å². The Balaban J connectivity index is 1.68. The van der Waals surface area contributed by atoms with Gasteiger partial charge < -0.3 is 14.8 Å². The van der Waals surface area contributed by atoms with Crippen molar-refractivity contribution in [3.05, 3.63) is 66.5 Å². The summed E-state index contributed by atoms with van der Waals surface area (Å²) < 4.78 is 43.7. The van der Waals surface area contributed by atoms with E-state index in [0.29, 0.717) is 24.5 Å². The second kappa shape index (κ2) is 9.94. The van der Waals surface area contributed by atoms with Crippen LogP contribution in [0, 0.1) is 5.82 Å². The SMILES string of the molecule is CCN(CC)S(=O)(=O)c1ccc(N2CCCC2)c(C(=O)Nc2ccc(-n3ccnc3)c(F)c2)c1. The average molecular weight is 486 g/mol. The predicted octanol–water partition coefficient (Wildman–Crippen LogP) is 3.89. The van der Waals surface area contributed by atoms with Gasteiger partial charge in [0.25, 0.3) is 5.91 Å². The zero-order chi connectivity index (χ0) is 24.3. The number of benzene rings is 2. The van der Waals surface area contributed by atoms with Gasteiger partial charge in [-0.1, -0.05) is 13.8 Å². The molecule has 1 aromatic heterocycles. The Kier molecular flexibility index (Phi) is 6.99. The fraction of sp³-hybridized carbons (Fsp3) is 0.333. The van der Waals surface area contributed by atoms with Crippen molar-refractivity contribution in [1.29, 1.82) is 0 Å². The third kappa shape index (κ3) is 4.69. The van der Waals surface area contributed by atoms with E-state index in [1.165, 1.54) is 27.3 Å². The van der Waals surface area contributed by atoms with E-state index < -0.39 is 21.7 Å². The normalized spacial score (nSPS) is 14.1. The highest BCUT2D eigenvalue weighted by atomic mass is 32.2. The molecular weight excluding hydrogens is 457 g/mol. The van der Waals surface area contributed by atoms with Crippen molar-refractivity contribution in [1.82, 2.24) is 13.9 Å². The van der Waals surface area contributed by atoms with Crippen LogP contribution in [0.4, 0.5) is 15.8 Å². The average Bonchev–Trinajstić information content (AvgIpc) is 3.54. The molecule has 1 amide bonds. The molecule has 0 atom stereocenters. The van der Waals surface area contributed by atoms with E-state index in [1.807, 2.05) is 0 Å². The predicted molar refractivity (Wildman–Crippen MR) is 129 cm³/mol. The molecule has 2 aromatic carbocycles. The van der Waals surface area contributed by atoms with Gasteiger partial charge in [-0.05, 0) is 49.2 Å². The number of nitrogens with one attached hydrogen (secondary N) is 1. The maximum Gasteiger partial charge on any atom is 0.257 e. The molecular formula is C24H28FN5O3S. The van der Waals surface area contributed by atoms with Crippen LogP contribution in [0.1, 0.15) is 37.0 Å². The van der Waals surface area contributed by atoms with Crippen molar-refractivity contribution < 1.29 is 17.6 Å². The summed E-state index contributed by atoms with van der Waals surface area (Å²) in [6, 6.07) is 9.06. The Hall–Kier alpha value is -3.24. The minimum Gasteiger partial charge on any atom is -0.371 e. The second-order valence-electron chi connectivity index (χ2n) is 8.05. The molecule has 0 spiro atoms. The van der Waals surface area contributed by atoms with Gasteiger partial charge in [0, 0.05) is 49.9 Å². The van der Waals surface area contributed by atoms with E-state index in [-0.39, 0.29) is 16.1 Å². The fourth-order valence-corrected chi connectivity index (χ4v) is 5.68. The third-order valence-electron chi connectivity index (χ3n) is 5.99. The summed E-state index contributed by atoms with van der Waals surface area (Å²) in [5.74, 6) is -1.01. The molecule has 3 aromatic rings. The van der Waals surface area contributed by atoms with Crippen LogP contribution < -0.4 is 10.2 Å². The number of aromatic nitrogens is 2. The first kappa shape index (κ1) is 23.9. The van der Waals surface area contributed by atoms with E-state index in [1.54, 1.807) is 50.5 Å². The summed E-state index contributed by atoms with van der Waals surface area (Å²) in [5.41, 5.74) is 1.49. The fourth-order valence-electron chi connectivity index (χ4n) is 4.20. The lowest BCUT2D eigenvalue weighted by Gasteiger charge is -2.23. The molecule has 1 fully saturated rings. The summed E-state index contributed by atoms with van der Waals surface area (Å²) in [7, 11) is -3.74. The number of hydrogen-bond donors (Lipinski definition) is 1. The lowest BCUT2D eigenvalue weighted by molar-refractivity contribution is 0.102. The lowest BCUT2D eigenvalue weighted by Crippen LogP contribution is -2.31. The van der Waals surface area contributed by atoms with Crippen LogP contribution in [0.5, 0.6) is 0 Å². The van der Waals surface area contributed by atoms with Crippen molar-refractivity contribution in [2.24, 2.45) is 0 Å². The molecule has 0 radical (unpaired) electrons. The zero-order valence-electron chi connectivity index (χ0n) is 19.2. The van der Waals surface area contributed by atoms with Crippen LogP contribution in [-0.2, 0) is 10.0 Å². The van der Waals surface area contributed by atoms with Crippen LogP contribution in [0.25, 0.3) is 5.69 Å². The van der Waals surface area contributed by atoms with E-state index in [4.69, 9.17) is 0 Å². The summed E-state index contributed by atoms with van der Waals surface area (Å²) in [6.45, 7) is 5.78. The van der Waals surface area contributed by atoms with E-state index in [9.17, 15) is 17.6 Å². The molecule has 34 heavy (non-hydrogen) atoms. The molecule has 0 bridgehead atoms. The standard InChI is InChI=1S/C24H28FN5O3S/c1-3-30(4-2)34(32,33)19-8-10-22(28-12-5-6-13-28)20(16-19)24(31)27-18-7-9-23(21(25)15-18)29-14-11-26-17-29/h7-11,14-17H,3-6,12-13H2,1-2H3,(H,27,31).